The summed E-state index contributed by atoms with van der Waals surface area (Å²) in [5.41, 5.74) is 5.69. The molecule has 326 valence electrons. The highest BCUT2D eigenvalue weighted by atomic mass is 16.5. The van der Waals surface area contributed by atoms with E-state index in [1.54, 1.807) is 16.0 Å². The van der Waals surface area contributed by atoms with E-state index in [1.807, 2.05) is 39.1 Å². The van der Waals surface area contributed by atoms with Gasteiger partial charge in [0.1, 0.15) is 23.7 Å². The van der Waals surface area contributed by atoms with Crippen molar-refractivity contribution < 1.29 is 33.4 Å². The van der Waals surface area contributed by atoms with Gasteiger partial charge in [-0.2, -0.15) is 0 Å². The molecular formula is C46H55N9O7. The molecule has 2 aliphatic heterocycles. The summed E-state index contributed by atoms with van der Waals surface area (Å²) in [6.07, 6.45) is 4.94. The number of hydrogen-bond acceptors (Lipinski definition) is 9. The van der Waals surface area contributed by atoms with Gasteiger partial charge >= 0.3 is 12.2 Å². The molecule has 2 aliphatic rings. The average molecular weight is 846 g/mol. The van der Waals surface area contributed by atoms with Crippen LogP contribution in [0.1, 0.15) is 77.1 Å². The maximum atomic E-state index is 13.9. The molecule has 3 aromatic carbocycles. The Bertz CT molecular complexity index is 2430. The fraction of sp³-hybridized carbons (Fsp3) is 0.413. The van der Waals surface area contributed by atoms with E-state index in [4.69, 9.17) is 14.5 Å². The second kappa shape index (κ2) is 18.9. The topological polar surface area (TPSA) is 204 Å². The first-order valence-corrected chi connectivity index (χ1v) is 21.2. The van der Waals surface area contributed by atoms with Gasteiger partial charge in [0.05, 0.1) is 50.1 Å². The summed E-state index contributed by atoms with van der Waals surface area (Å²) in [6, 6.07) is 18.8. The fourth-order valence-electron chi connectivity index (χ4n) is 8.53. The van der Waals surface area contributed by atoms with E-state index in [-0.39, 0.29) is 41.6 Å². The Balaban J connectivity index is 1.04. The van der Waals surface area contributed by atoms with E-state index in [0.717, 1.165) is 63.1 Å². The van der Waals surface area contributed by atoms with Gasteiger partial charge in [-0.1, -0.05) is 69.3 Å². The Morgan fingerprint density at radius 2 is 1.34 bits per heavy atom. The van der Waals surface area contributed by atoms with Crippen LogP contribution in [0.3, 0.4) is 0 Å². The number of nitrogens with zero attached hydrogens (tertiary/aromatic N) is 4. The summed E-state index contributed by atoms with van der Waals surface area (Å²) in [7, 11) is 2.55. The van der Waals surface area contributed by atoms with E-state index < -0.39 is 24.3 Å². The van der Waals surface area contributed by atoms with Crippen LogP contribution in [0.2, 0.25) is 0 Å². The number of ether oxygens (including phenoxy) is 2. The molecule has 0 unspecified atom stereocenters. The van der Waals surface area contributed by atoms with Crippen molar-refractivity contribution >= 4 is 40.7 Å². The predicted octanol–water partition coefficient (Wildman–Crippen LogP) is 6.49. The molecule has 0 radical (unpaired) electrons. The number of imidazole rings is 2. The molecular weight excluding hydrogens is 791 g/mol. The van der Waals surface area contributed by atoms with Gasteiger partial charge in [0.15, 0.2) is 0 Å². The van der Waals surface area contributed by atoms with Crippen LogP contribution in [0.25, 0.3) is 44.4 Å². The van der Waals surface area contributed by atoms with Crippen LogP contribution in [0.15, 0.2) is 73.1 Å². The zero-order valence-electron chi connectivity index (χ0n) is 36.0. The molecule has 0 bridgehead atoms. The standard InChI is InChI=1S/C46H55N9O7/c1-7-35(52-45(59)61-5)43(57)54-18-8-9-38(54)41-48-24-37(51-41)34-17-16-32-20-31(14-15-33(32)21-34)29-10-12-30(13-11-29)36-23-49-42(50-36)39-19-28(22-47-27(4)56)25-55(39)44(58)40(26(2)3)53-46(60)62-6/h10-17,20-21,23-24,26,28,35,38-40H,7-9,18-19,22,25H2,1-6H3,(H,47,56)(H,48,51)(H,49,50)(H,52,59)(H,53,60)/t28-,35+,38+,39+,40+/m1/s1. The first kappa shape index (κ1) is 43.4. The second-order valence-corrected chi connectivity index (χ2v) is 16.4. The molecule has 2 fully saturated rings. The maximum absolute atomic E-state index is 13.9. The zero-order chi connectivity index (χ0) is 44.1. The fourth-order valence-corrected chi connectivity index (χ4v) is 8.53. The van der Waals surface area contributed by atoms with Gasteiger partial charge < -0.3 is 45.2 Å². The van der Waals surface area contributed by atoms with Crippen molar-refractivity contribution in [2.75, 3.05) is 33.9 Å². The molecule has 5 amide bonds. The molecule has 4 heterocycles. The van der Waals surface area contributed by atoms with E-state index in [0.29, 0.717) is 38.3 Å². The normalized spacial score (nSPS) is 18.4. The van der Waals surface area contributed by atoms with Crippen LogP contribution in [-0.2, 0) is 23.9 Å². The van der Waals surface area contributed by atoms with Crippen molar-refractivity contribution in [1.82, 2.24) is 45.7 Å². The van der Waals surface area contributed by atoms with Gasteiger partial charge in [0, 0.05) is 32.1 Å². The van der Waals surface area contributed by atoms with Crippen molar-refractivity contribution in [2.24, 2.45) is 11.8 Å². The number of amides is 5. The van der Waals surface area contributed by atoms with Crippen molar-refractivity contribution in [1.29, 1.82) is 0 Å². The molecule has 0 aliphatic carbocycles. The van der Waals surface area contributed by atoms with Gasteiger partial charge in [-0.05, 0) is 77.1 Å². The number of nitrogens with one attached hydrogen (secondary N) is 5. The van der Waals surface area contributed by atoms with Gasteiger partial charge in [0.2, 0.25) is 17.7 Å². The molecule has 5 aromatic rings. The summed E-state index contributed by atoms with van der Waals surface area (Å²) >= 11 is 0. The number of carbonyl (C=O) groups excluding carboxylic acids is 5. The minimum Gasteiger partial charge on any atom is -0.453 e. The van der Waals surface area contributed by atoms with Crippen molar-refractivity contribution in [3.8, 4) is 33.6 Å². The summed E-state index contributed by atoms with van der Waals surface area (Å²) < 4.78 is 9.52. The maximum Gasteiger partial charge on any atom is 0.407 e. The number of alkyl carbamates (subject to hydrolysis) is 2. The number of carbonyl (C=O) groups is 5. The first-order valence-electron chi connectivity index (χ1n) is 21.2. The number of fused-ring (bicyclic) bond motifs is 1. The lowest BCUT2D eigenvalue weighted by molar-refractivity contribution is -0.136. The lowest BCUT2D eigenvalue weighted by Gasteiger charge is -2.30. The minimum absolute atomic E-state index is 0.00353. The Labute approximate surface area is 360 Å². The summed E-state index contributed by atoms with van der Waals surface area (Å²) in [6.45, 7) is 8.49. The van der Waals surface area contributed by atoms with Crippen LogP contribution in [0.5, 0.6) is 0 Å². The summed E-state index contributed by atoms with van der Waals surface area (Å²) in [5, 5.41) is 10.4. The number of likely N-dealkylation sites (tertiary alicyclic amines) is 2. The lowest BCUT2D eigenvalue weighted by atomic mass is 9.98. The second-order valence-electron chi connectivity index (χ2n) is 16.4. The number of hydrogen-bond donors (Lipinski definition) is 5. The Hall–Kier alpha value is -6.71. The molecule has 7 rings (SSSR count). The summed E-state index contributed by atoms with van der Waals surface area (Å²) in [4.78, 5) is 83.0. The third-order valence-electron chi connectivity index (χ3n) is 11.9. The number of rotatable bonds is 13. The average Bonchev–Trinajstić information content (AvgIpc) is 4.12. The number of H-pyrrole nitrogens is 2. The molecule has 2 aromatic heterocycles. The minimum atomic E-state index is -0.791. The number of methoxy groups -OCH3 is 2. The van der Waals surface area contributed by atoms with E-state index in [1.165, 1.54) is 21.1 Å². The van der Waals surface area contributed by atoms with Gasteiger partial charge in [-0.3, -0.25) is 14.4 Å². The molecule has 2 saturated heterocycles. The Morgan fingerprint density at radius 1 is 0.758 bits per heavy atom. The van der Waals surface area contributed by atoms with Crippen LogP contribution < -0.4 is 16.0 Å². The van der Waals surface area contributed by atoms with Gasteiger partial charge in [0.25, 0.3) is 0 Å². The first-order chi connectivity index (χ1) is 29.9. The van der Waals surface area contributed by atoms with Crippen LogP contribution >= 0.6 is 0 Å². The number of benzene rings is 3. The van der Waals surface area contributed by atoms with Crippen LogP contribution in [0.4, 0.5) is 9.59 Å². The highest BCUT2D eigenvalue weighted by molar-refractivity contribution is 5.91. The summed E-state index contributed by atoms with van der Waals surface area (Å²) in [5.74, 6) is 0.656. The smallest absolute Gasteiger partial charge is 0.407 e. The highest BCUT2D eigenvalue weighted by Crippen LogP contribution is 2.37. The van der Waals surface area contributed by atoms with Gasteiger partial charge in [-0.25, -0.2) is 19.6 Å². The number of aromatic nitrogens is 4. The van der Waals surface area contributed by atoms with E-state index >= 15 is 0 Å². The van der Waals surface area contributed by atoms with E-state index in [9.17, 15) is 24.0 Å². The molecule has 62 heavy (non-hydrogen) atoms. The predicted molar refractivity (Wildman–Crippen MR) is 233 cm³/mol. The zero-order valence-corrected chi connectivity index (χ0v) is 36.0. The molecule has 5 N–H and O–H groups in total. The van der Waals surface area contributed by atoms with Crippen molar-refractivity contribution in [3.63, 3.8) is 0 Å². The molecule has 5 atom stereocenters. The molecule has 16 heteroatoms. The van der Waals surface area contributed by atoms with Crippen LogP contribution in [-0.4, -0.2) is 106 Å². The third kappa shape index (κ3) is 9.43. The SMILES string of the molecule is CC[C@H](NC(=O)OC)C(=O)N1CCC[C@H]1c1ncc(-c2ccc3cc(-c4ccc(-c5cnc([C@@H]6C[C@H](CNC(C)=O)CN6C(=O)[C@@H](NC(=O)OC)C(C)C)[nH]5)cc4)ccc3c2)[nH]1. The van der Waals surface area contributed by atoms with Crippen LogP contribution in [0, 0.1) is 11.8 Å². The van der Waals surface area contributed by atoms with Crippen molar-refractivity contribution in [3.05, 3.63) is 84.7 Å². The third-order valence-corrected chi connectivity index (χ3v) is 11.9. The van der Waals surface area contributed by atoms with Gasteiger partial charge in [-0.15, -0.1) is 0 Å². The Morgan fingerprint density at radius 3 is 1.97 bits per heavy atom. The lowest BCUT2D eigenvalue weighted by Crippen LogP contribution is -2.51. The molecule has 0 spiro atoms. The highest BCUT2D eigenvalue weighted by Gasteiger charge is 2.42. The monoisotopic (exact) mass is 845 g/mol. The quantitative estimate of drug-likeness (QED) is 0.0878. The number of aromatic amines is 2. The van der Waals surface area contributed by atoms with E-state index in [2.05, 4.69) is 79.4 Å². The largest absolute Gasteiger partial charge is 0.453 e. The molecule has 0 saturated carbocycles. The van der Waals surface area contributed by atoms with Crippen molar-refractivity contribution in [2.45, 2.75) is 77.5 Å². The Kier molecular flexibility index (Phi) is 13.2. The molecule has 16 nitrogen and oxygen atoms in total.